The zero-order chi connectivity index (χ0) is 18.5. The van der Waals surface area contributed by atoms with Crippen LogP contribution < -0.4 is 11.2 Å². The number of hydrazone groups is 1. The van der Waals surface area contributed by atoms with Gasteiger partial charge >= 0.3 is 0 Å². The fourth-order valence-electron chi connectivity index (χ4n) is 2.05. The van der Waals surface area contributed by atoms with Crippen molar-refractivity contribution in [2.24, 2.45) is 5.10 Å². The molecule has 0 unspecified atom stereocenters. The summed E-state index contributed by atoms with van der Waals surface area (Å²) >= 11 is 0. The first-order valence-electron chi connectivity index (χ1n) is 7.21. The first-order valence-corrected chi connectivity index (χ1v) is 7.21. The Kier molecular flexibility index (Phi) is 4.94. The van der Waals surface area contributed by atoms with Crippen LogP contribution in [0.25, 0.3) is 5.82 Å². The number of carbonyl (C=O) groups is 1. The summed E-state index contributed by atoms with van der Waals surface area (Å²) < 4.78 is 24.3. The van der Waals surface area contributed by atoms with Crippen molar-refractivity contribution in [2.75, 3.05) is 12.8 Å². The average Bonchev–Trinajstić information content (AvgIpc) is 3.23. The molecule has 0 fully saturated rings. The SMILES string of the molecule is COCc1c(C(=O)N/N=C\c2ccccc2F)nnn1-c1nonc1N. The van der Waals surface area contributed by atoms with E-state index in [-0.39, 0.29) is 35.2 Å². The van der Waals surface area contributed by atoms with Gasteiger partial charge in [-0.25, -0.2) is 14.4 Å². The van der Waals surface area contributed by atoms with Crippen molar-refractivity contribution in [3.63, 3.8) is 0 Å². The van der Waals surface area contributed by atoms with Crippen molar-refractivity contribution in [2.45, 2.75) is 6.61 Å². The fraction of sp³-hybridized carbons (Fsp3) is 0.143. The van der Waals surface area contributed by atoms with E-state index in [0.717, 1.165) is 0 Å². The van der Waals surface area contributed by atoms with Crippen LogP contribution in [0, 0.1) is 5.82 Å². The van der Waals surface area contributed by atoms with E-state index in [2.05, 4.69) is 35.8 Å². The molecule has 0 saturated heterocycles. The number of nitrogens with one attached hydrogen (secondary N) is 1. The number of aromatic nitrogens is 5. The molecule has 2 heterocycles. The van der Waals surface area contributed by atoms with Crippen LogP contribution in [-0.4, -0.2) is 44.5 Å². The normalized spacial score (nSPS) is 11.2. The molecule has 1 aromatic carbocycles. The standard InChI is InChI=1S/C14H13FN8O3/c1-25-7-10-11(18-22-23(10)13-12(16)20-26-21-13)14(24)19-17-6-8-4-2-3-5-9(8)15/h2-6H,7H2,1H3,(H2,16,20)(H,19,24)/b17-6-. The summed E-state index contributed by atoms with van der Waals surface area (Å²) in [5.41, 5.74) is 8.28. The maximum atomic E-state index is 13.5. The molecule has 0 aliphatic carbocycles. The van der Waals surface area contributed by atoms with Gasteiger partial charge in [-0.15, -0.1) is 5.10 Å². The quantitative estimate of drug-likeness (QED) is 0.471. The topological polar surface area (TPSA) is 146 Å². The van der Waals surface area contributed by atoms with Gasteiger partial charge < -0.3 is 10.5 Å². The first-order chi connectivity index (χ1) is 12.6. The Morgan fingerprint density at radius 3 is 2.96 bits per heavy atom. The minimum Gasteiger partial charge on any atom is -0.378 e. The van der Waals surface area contributed by atoms with Gasteiger partial charge in [0, 0.05) is 12.7 Å². The Morgan fingerprint density at radius 1 is 1.46 bits per heavy atom. The molecule has 0 aliphatic rings. The largest absolute Gasteiger partial charge is 0.378 e. The number of anilines is 1. The molecule has 12 heteroatoms. The zero-order valence-electron chi connectivity index (χ0n) is 13.5. The lowest BCUT2D eigenvalue weighted by Gasteiger charge is -2.03. The third-order valence-electron chi connectivity index (χ3n) is 3.23. The van der Waals surface area contributed by atoms with Crippen LogP contribution in [0.5, 0.6) is 0 Å². The number of rotatable bonds is 6. The molecule has 0 radical (unpaired) electrons. The number of halogens is 1. The Balaban J connectivity index is 1.82. The second-order valence-corrected chi connectivity index (χ2v) is 4.92. The molecule has 0 atom stereocenters. The lowest BCUT2D eigenvalue weighted by Crippen LogP contribution is -2.20. The van der Waals surface area contributed by atoms with E-state index in [1.807, 2.05) is 0 Å². The summed E-state index contributed by atoms with van der Waals surface area (Å²) in [4.78, 5) is 12.3. The molecule has 3 N–H and O–H groups in total. The number of benzene rings is 1. The van der Waals surface area contributed by atoms with Gasteiger partial charge in [-0.3, -0.25) is 4.79 Å². The van der Waals surface area contributed by atoms with Gasteiger partial charge in [0.05, 0.1) is 12.8 Å². The minimum absolute atomic E-state index is 0.0148. The molecule has 0 spiro atoms. The summed E-state index contributed by atoms with van der Waals surface area (Å²) in [6, 6.07) is 5.98. The summed E-state index contributed by atoms with van der Waals surface area (Å²) in [5.74, 6) is -1.10. The van der Waals surface area contributed by atoms with E-state index >= 15 is 0 Å². The number of nitrogens with zero attached hydrogens (tertiary/aromatic N) is 6. The molecule has 26 heavy (non-hydrogen) atoms. The highest BCUT2D eigenvalue weighted by atomic mass is 19.1. The highest BCUT2D eigenvalue weighted by Crippen LogP contribution is 2.16. The molecule has 134 valence electrons. The van der Waals surface area contributed by atoms with Crippen molar-refractivity contribution >= 4 is 17.9 Å². The van der Waals surface area contributed by atoms with Crippen LogP contribution in [0.2, 0.25) is 0 Å². The van der Waals surface area contributed by atoms with Crippen molar-refractivity contribution in [3.05, 3.63) is 47.0 Å². The van der Waals surface area contributed by atoms with Crippen molar-refractivity contribution < 1.29 is 18.6 Å². The van der Waals surface area contributed by atoms with Gasteiger partial charge in [-0.05, 0) is 16.4 Å². The number of hydrogen-bond acceptors (Lipinski definition) is 9. The van der Waals surface area contributed by atoms with Gasteiger partial charge in [0.25, 0.3) is 5.91 Å². The van der Waals surface area contributed by atoms with E-state index in [4.69, 9.17) is 10.5 Å². The smallest absolute Gasteiger partial charge is 0.293 e. The number of nitrogens with two attached hydrogens (primary N) is 1. The second kappa shape index (κ2) is 7.48. The van der Waals surface area contributed by atoms with Crippen LogP contribution in [-0.2, 0) is 11.3 Å². The summed E-state index contributed by atoms with van der Waals surface area (Å²) in [7, 11) is 1.43. The Bertz CT molecular complexity index is 951. The predicted octanol–water partition coefficient (Wildman–Crippen LogP) is 0.282. The maximum Gasteiger partial charge on any atom is 0.293 e. The molecule has 11 nitrogen and oxygen atoms in total. The molecule has 1 amide bonds. The minimum atomic E-state index is -0.675. The molecule has 2 aromatic heterocycles. The summed E-state index contributed by atoms with van der Waals surface area (Å²) in [5, 5.41) is 18.4. The van der Waals surface area contributed by atoms with Crippen molar-refractivity contribution in [1.82, 2.24) is 30.7 Å². The van der Waals surface area contributed by atoms with E-state index in [0.29, 0.717) is 0 Å². The van der Waals surface area contributed by atoms with Crippen LogP contribution in [0.15, 0.2) is 34.0 Å². The zero-order valence-corrected chi connectivity index (χ0v) is 13.5. The second-order valence-electron chi connectivity index (χ2n) is 4.92. The third-order valence-corrected chi connectivity index (χ3v) is 3.23. The molecule has 3 aromatic rings. The van der Waals surface area contributed by atoms with Crippen molar-refractivity contribution in [3.8, 4) is 5.82 Å². The molecule has 0 aliphatic heterocycles. The first kappa shape index (κ1) is 17.2. The van der Waals surface area contributed by atoms with Gasteiger partial charge in [-0.2, -0.15) is 9.78 Å². The van der Waals surface area contributed by atoms with E-state index in [9.17, 15) is 9.18 Å². The highest BCUT2D eigenvalue weighted by molar-refractivity contribution is 5.94. The number of amides is 1. The molecular formula is C14H13FN8O3. The number of hydrogen-bond donors (Lipinski definition) is 2. The maximum absolute atomic E-state index is 13.5. The number of nitrogen functional groups attached to an aromatic ring is 1. The highest BCUT2D eigenvalue weighted by Gasteiger charge is 2.23. The molecule has 0 saturated carbocycles. The average molecular weight is 360 g/mol. The van der Waals surface area contributed by atoms with Crippen molar-refractivity contribution in [1.29, 1.82) is 0 Å². The number of carbonyl (C=O) groups excluding carboxylic acids is 1. The number of ether oxygens (including phenoxy) is 1. The van der Waals surface area contributed by atoms with Crippen LogP contribution in [0.3, 0.4) is 0 Å². The van der Waals surface area contributed by atoms with E-state index in [1.165, 1.54) is 30.1 Å². The van der Waals surface area contributed by atoms with Gasteiger partial charge in [0.15, 0.2) is 5.69 Å². The van der Waals surface area contributed by atoms with Gasteiger partial charge in [0.1, 0.15) is 11.5 Å². The molecule has 0 bridgehead atoms. The Hall–Kier alpha value is -3.67. The molecular weight excluding hydrogens is 347 g/mol. The van der Waals surface area contributed by atoms with Crippen LogP contribution in [0.4, 0.5) is 10.2 Å². The fourth-order valence-corrected chi connectivity index (χ4v) is 2.05. The Labute approximate surface area is 145 Å². The van der Waals surface area contributed by atoms with Crippen LogP contribution >= 0.6 is 0 Å². The summed E-state index contributed by atoms with van der Waals surface area (Å²) in [6.45, 7) is -0.0148. The molecule has 3 rings (SSSR count). The van der Waals surface area contributed by atoms with Gasteiger partial charge in [0.2, 0.25) is 11.6 Å². The number of methoxy groups -OCH3 is 1. The monoisotopic (exact) mass is 360 g/mol. The van der Waals surface area contributed by atoms with E-state index < -0.39 is 11.7 Å². The lowest BCUT2D eigenvalue weighted by atomic mass is 10.2. The van der Waals surface area contributed by atoms with Crippen LogP contribution in [0.1, 0.15) is 21.7 Å². The Morgan fingerprint density at radius 2 is 2.27 bits per heavy atom. The van der Waals surface area contributed by atoms with E-state index in [1.54, 1.807) is 12.1 Å². The lowest BCUT2D eigenvalue weighted by molar-refractivity contribution is 0.0944. The van der Waals surface area contributed by atoms with Gasteiger partial charge in [-0.1, -0.05) is 23.4 Å². The third kappa shape index (κ3) is 3.39. The summed E-state index contributed by atoms with van der Waals surface area (Å²) in [6.07, 6.45) is 1.17. The predicted molar refractivity (Wildman–Crippen MR) is 85.8 cm³/mol.